The maximum atomic E-state index is 14.4. The number of alkyl carbamates (subject to hydrolysis) is 1. The Morgan fingerprint density at radius 1 is 1.04 bits per heavy atom. The molecular formula is C32H41N9O7. The highest BCUT2D eigenvalue weighted by molar-refractivity contribution is 6.06. The van der Waals surface area contributed by atoms with Crippen molar-refractivity contribution in [1.82, 2.24) is 41.6 Å². The Kier molecular flexibility index (Phi) is 11.8. The van der Waals surface area contributed by atoms with E-state index >= 15 is 0 Å². The summed E-state index contributed by atoms with van der Waals surface area (Å²) in [7, 11) is 0. The number of tetrazole rings is 1. The van der Waals surface area contributed by atoms with Gasteiger partial charge in [0.1, 0.15) is 36.2 Å². The summed E-state index contributed by atoms with van der Waals surface area (Å²) in [6.45, 7) is 8.52. The minimum atomic E-state index is -1.30. The lowest BCUT2D eigenvalue weighted by molar-refractivity contribution is -0.145. The average molecular weight is 664 g/mol. The number of anilines is 1. The molecule has 48 heavy (non-hydrogen) atoms. The van der Waals surface area contributed by atoms with Gasteiger partial charge in [-0.2, -0.15) is 5.21 Å². The average Bonchev–Trinajstić information content (AvgIpc) is 3.71. The molecular weight excluding hydrogens is 622 g/mol. The van der Waals surface area contributed by atoms with Crippen LogP contribution in [0.4, 0.5) is 10.6 Å². The molecule has 3 atom stereocenters. The first kappa shape index (κ1) is 35.4. The summed E-state index contributed by atoms with van der Waals surface area (Å²) in [6.07, 6.45) is 0.451. The molecule has 0 aliphatic carbocycles. The first-order chi connectivity index (χ1) is 22.8. The third-order valence-corrected chi connectivity index (χ3v) is 7.29. The van der Waals surface area contributed by atoms with Gasteiger partial charge in [0.2, 0.25) is 11.8 Å². The number of hydrogen-bond donors (Lipinski definition) is 4. The van der Waals surface area contributed by atoms with Gasteiger partial charge in [-0.1, -0.05) is 55.5 Å². The predicted molar refractivity (Wildman–Crippen MR) is 171 cm³/mol. The topological polar surface area (TPSA) is 210 Å². The monoisotopic (exact) mass is 663 g/mol. The number of amides is 4. The van der Waals surface area contributed by atoms with E-state index in [1.807, 2.05) is 30.3 Å². The van der Waals surface area contributed by atoms with Crippen LogP contribution in [-0.2, 0) is 48.2 Å². The number of pyridine rings is 1. The van der Waals surface area contributed by atoms with Gasteiger partial charge in [0.05, 0.1) is 6.54 Å². The largest absolute Gasteiger partial charge is 0.461 e. The van der Waals surface area contributed by atoms with Gasteiger partial charge in [-0.3, -0.25) is 24.1 Å². The summed E-state index contributed by atoms with van der Waals surface area (Å²) in [5.41, 5.74) is 0.620. The van der Waals surface area contributed by atoms with Gasteiger partial charge in [0, 0.05) is 19.0 Å². The van der Waals surface area contributed by atoms with E-state index in [1.54, 1.807) is 46.8 Å². The minimum Gasteiger partial charge on any atom is -0.461 e. The molecule has 1 aromatic carbocycles. The van der Waals surface area contributed by atoms with E-state index in [1.165, 1.54) is 11.1 Å². The van der Waals surface area contributed by atoms with E-state index in [4.69, 9.17) is 9.47 Å². The van der Waals surface area contributed by atoms with Gasteiger partial charge in [-0.25, -0.2) is 9.78 Å². The standard InChI is InChI=1S/C32H41N9O7/c1-19(2)26(36-31(46)48-32(3,4)5)29(44)35-22(13-14-25(42)47-18-20-10-7-6-8-11-20)30(45)41-23(16-21-12-9-15-33-27(21)41)28(43)34-17-24-37-39-40-38-24/h6-12,15,19,22-23,26H,13-14,16-18H2,1-5H3,(H,34,43)(H,35,44)(H,36,46)(H,37,38,39,40)/t22-,23-,26-/m0/s1. The fourth-order valence-corrected chi connectivity index (χ4v) is 4.99. The van der Waals surface area contributed by atoms with Crippen LogP contribution in [0.1, 0.15) is 64.4 Å². The SMILES string of the molecule is CC(C)[C@H](NC(=O)OC(C)(C)C)C(=O)N[C@@H](CCC(=O)OCc1ccccc1)C(=O)N1c2ncccc2C[C@H]1C(=O)NCc1nn[nH]n1. The second-order valence-electron chi connectivity index (χ2n) is 12.6. The molecule has 0 saturated carbocycles. The van der Waals surface area contributed by atoms with Crippen LogP contribution in [0.5, 0.6) is 0 Å². The highest BCUT2D eigenvalue weighted by atomic mass is 16.6. The van der Waals surface area contributed by atoms with E-state index in [-0.39, 0.29) is 44.1 Å². The number of carbonyl (C=O) groups excluding carboxylic acids is 5. The molecule has 0 saturated heterocycles. The van der Waals surface area contributed by atoms with E-state index in [0.29, 0.717) is 5.56 Å². The Morgan fingerprint density at radius 3 is 2.46 bits per heavy atom. The number of fused-ring (bicyclic) bond motifs is 1. The number of esters is 1. The first-order valence-electron chi connectivity index (χ1n) is 15.6. The molecule has 4 N–H and O–H groups in total. The lowest BCUT2D eigenvalue weighted by Gasteiger charge is -2.30. The maximum Gasteiger partial charge on any atom is 0.408 e. The quantitative estimate of drug-likeness (QED) is 0.193. The van der Waals surface area contributed by atoms with Crippen molar-refractivity contribution in [1.29, 1.82) is 0 Å². The summed E-state index contributed by atoms with van der Waals surface area (Å²) in [5.74, 6) is -2.35. The molecule has 1 aliphatic heterocycles. The van der Waals surface area contributed by atoms with Crippen molar-refractivity contribution in [2.75, 3.05) is 4.90 Å². The molecule has 256 valence electrons. The van der Waals surface area contributed by atoms with E-state index < -0.39 is 59.4 Å². The van der Waals surface area contributed by atoms with E-state index in [2.05, 4.69) is 41.6 Å². The summed E-state index contributed by atoms with van der Waals surface area (Å²) >= 11 is 0. The molecule has 2 aromatic heterocycles. The zero-order chi connectivity index (χ0) is 34.8. The molecule has 0 radical (unpaired) electrons. The van der Waals surface area contributed by atoms with Gasteiger partial charge in [0.25, 0.3) is 5.91 Å². The second-order valence-corrected chi connectivity index (χ2v) is 12.6. The normalized spacial score (nSPS) is 15.2. The molecule has 0 spiro atoms. The molecule has 0 bridgehead atoms. The Morgan fingerprint density at radius 2 is 1.79 bits per heavy atom. The van der Waals surface area contributed by atoms with Crippen LogP contribution in [0.2, 0.25) is 0 Å². The Labute approximate surface area is 277 Å². The van der Waals surface area contributed by atoms with Crippen molar-refractivity contribution in [2.24, 2.45) is 5.92 Å². The Balaban J connectivity index is 1.56. The molecule has 0 fully saturated rings. The summed E-state index contributed by atoms with van der Waals surface area (Å²) < 4.78 is 10.8. The fraction of sp³-hybridized carbons (Fsp3) is 0.469. The zero-order valence-electron chi connectivity index (χ0n) is 27.6. The molecule has 4 amide bonds. The van der Waals surface area contributed by atoms with Crippen LogP contribution in [0, 0.1) is 5.92 Å². The van der Waals surface area contributed by atoms with Crippen molar-refractivity contribution < 1.29 is 33.4 Å². The van der Waals surface area contributed by atoms with Gasteiger partial charge >= 0.3 is 12.1 Å². The number of aromatic nitrogens is 5. The minimum absolute atomic E-state index is 0.0337. The van der Waals surface area contributed by atoms with E-state index in [9.17, 15) is 24.0 Å². The molecule has 16 nitrogen and oxygen atoms in total. The number of nitrogens with zero attached hydrogens (tertiary/aromatic N) is 5. The molecule has 3 heterocycles. The number of rotatable bonds is 13. The fourth-order valence-electron chi connectivity index (χ4n) is 4.99. The number of H-pyrrole nitrogens is 1. The molecule has 3 aromatic rings. The van der Waals surface area contributed by atoms with Crippen molar-refractivity contribution in [3.8, 4) is 0 Å². The summed E-state index contributed by atoms with van der Waals surface area (Å²) in [4.78, 5) is 72.5. The first-order valence-corrected chi connectivity index (χ1v) is 15.6. The third-order valence-electron chi connectivity index (χ3n) is 7.29. The van der Waals surface area contributed by atoms with Gasteiger partial charge in [-0.15, -0.1) is 10.2 Å². The van der Waals surface area contributed by atoms with Crippen molar-refractivity contribution >= 4 is 35.6 Å². The summed E-state index contributed by atoms with van der Waals surface area (Å²) in [5, 5.41) is 21.5. The van der Waals surface area contributed by atoms with Crippen LogP contribution >= 0.6 is 0 Å². The van der Waals surface area contributed by atoms with Crippen LogP contribution in [0.3, 0.4) is 0 Å². The zero-order valence-corrected chi connectivity index (χ0v) is 27.6. The van der Waals surface area contributed by atoms with Crippen LogP contribution < -0.4 is 20.9 Å². The molecule has 1 aliphatic rings. The number of ether oxygens (including phenoxy) is 2. The highest BCUT2D eigenvalue weighted by Crippen LogP contribution is 2.31. The Bertz CT molecular complexity index is 1580. The lowest BCUT2D eigenvalue weighted by Crippen LogP contribution is -2.58. The smallest absolute Gasteiger partial charge is 0.408 e. The lowest BCUT2D eigenvalue weighted by atomic mass is 10.0. The number of aromatic amines is 1. The molecule has 4 rings (SSSR count). The number of nitrogens with one attached hydrogen (secondary N) is 4. The maximum absolute atomic E-state index is 14.4. The molecule has 0 unspecified atom stereocenters. The highest BCUT2D eigenvalue weighted by Gasteiger charge is 2.43. The van der Waals surface area contributed by atoms with Crippen LogP contribution in [0.25, 0.3) is 0 Å². The van der Waals surface area contributed by atoms with Crippen LogP contribution in [-0.4, -0.2) is 79.1 Å². The van der Waals surface area contributed by atoms with Crippen molar-refractivity contribution in [3.05, 3.63) is 65.6 Å². The molecule has 16 heteroatoms. The van der Waals surface area contributed by atoms with Crippen molar-refractivity contribution in [2.45, 2.75) is 90.8 Å². The van der Waals surface area contributed by atoms with Gasteiger partial charge in [-0.05, 0) is 50.3 Å². The van der Waals surface area contributed by atoms with Crippen molar-refractivity contribution in [3.63, 3.8) is 0 Å². The van der Waals surface area contributed by atoms with Crippen LogP contribution in [0.15, 0.2) is 48.7 Å². The number of benzene rings is 1. The second kappa shape index (κ2) is 15.9. The van der Waals surface area contributed by atoms with Gasteiger partial charge in [0.15, 0.2) is 5.82 Å². The Hall–Kier alpha value is -5.41. The predicted octanol–water partition coefficient (Wildman–Crippen LogP) is 1.73. The number of carbonyl (C=O) groups is 5. The summed E-state index contributed by atoms with van der Waals surface area (Å²) in [6, 6.07) is 9.14. The third kappa shape index (κ3) is 9.80. The van der Waals surface area contributed by atoms with E-state index in [0.717, 1.165) is 5.56 Å². The van der Waals surface area contributed by atoms with Gasteiger partial charge < -0.3 is 25.4 Å². The number of hydrogen-bond acceptors (Lipinski definition) is 11.